The summed E-state index contributed by atoms with van der Waals surface area (Å²) in [5.74, 6) is -1.17. The van der Waals surface area contributed by atoms with Crippen molar-refractivity contribution >= 4 is 44.3 Å². The van der Waals surface area contributed by atoms with Gasteiger partial charge >= 0.3 is 5.97 Å². The fraction of sp³-hybridized carbons (Fsp3) is 0.789. The molecule has 0 heterocycles. The molecule has 0 radical (unpaired) electrons. The van der Waals surface area contributed by atoms with E-state index in [0.717, 1.165) is 11.8 Å². The second kappa shape index (κ2) is 14.8. The Balaban J connectivity index is 4.40. The molecular formula is C19H37N3O4SSi. The second-order valence-electron chi connectivity index (χ2n) is 7.84. The van der Waals surface area contributed by atoms with Crippen molar-refractivity contribution in [2.75, 3.05) is 18.8 Å². The van der Waals surface area contributed by atoms with Crippen molar-refractivity contribution in [2.45, 2.75) is 64.2 Å². The fourth-order valence-corrected chi connectivity index (χ4v) is 5.27. The van der Waals surface area contributed by atoms with Gasteiger partial charge < -0.3 is 21.6 Å². The van der Waals surface area contributed by atoms with Crippen LogP contribution < -0.4 is 11.1 Å². The fourth-order valence-electron chi connectivity index (χ4n) is 2.82. The molecule has 2 atom stereocenters. The number of carboxylic acid groups (broad SMARTS) is 1. The van der Waals surface area contributed by atoms with Gasteiger partial charge in [-0.15, -0.1) is 11.8 Å². The van der Waals surface area contributed by atoms with Crippen molar-refractivity contribution in [3.8, 4) is 0 Å². The molecule has 0 saturated carbocycles. The maximum Gasteiger partial charge on any atom is 0.317 e. The Kier molecular flexibility index (Phi) is 14.1. The van der Waals surface area contributed by atoms with Crippen LogP contribution in [0.15, 0.2) is 0 Å². The molecule has 0 aliphatic heterocycles. The standard InChI is InChI=1S/C19H37N3O4SSi/c1-12(2)18(24)14(7-8-20)11-22-17(23)10-15(19(25)26)27-9-5-6-16(21)28-13(3)4/h12-15,21H,5-11,20,28H2,1-4H3,(H,22,23)(H,25,26). The number of ketones is 1. The third-order valence-electron chi connectivity index (χ3n) is 4.27. The molecule has 0 rings (SSSR count). The Labute approximate surface area is 175 Å². The topological polar surface area (TPSA) is 133 Å². The molecule has 162 valence electrons. The first-order valence-electron chi connectivity index (χ1n) is 9.99. The lowest BCUT2D eigenvalue weighted by atomic mass is 9.92. The third kappa shape index (κ3) is 12.3. The monoisotopic (exact) mass is 431 g/mol. The summed E-state index contributed by atoms with van der Waals surface area (Å²) in [6, 6.07) is 0. The molecule has 5 N–H and O–H groups in total. The van der Waals surface area contributed by atoms with Gasteiger partial charge in [-0.05, 0) is 36.9 Å². The van der Waals surface area contributed by atoms with Gasteiger partial charge in [-0.1, -0.05) is 33.2 Å². The van der Waals surface area contributed by atoms with Crippen LogP contribution in [0, 0.1) is 17.2 Å². The minimum Gasteiger partial charge on any atom is -0.480 e. The van der Waals surface area contributed by atoms with Gasteiger partial charge in [0, 0.05) is 24.8 Å². The number of thioether (sulfide) groups is 1. The molecule has 0 saturated heterocycles. The molecule has 0 aliphatic carbocycles. The molecule has 0 aliphatic rings. The molecule has 7 nitrogen and oxygen atoms in total. The predicted octanol–water partition coefficient (Wildman–Crippen LogP) is 1.62. The first kappa shape index (κ1) is 26.8. The summed E-state index contributed by atoms with van der Waals surface area (Å²) in [7, 11) is -0.486. The van der Waals surface area contributed by atoms with E-state index in [2.05, 4.69) is 19.2 Å². The highest BCUT2D eigenvalue weighted by molar-refractivity contribution is 8.00. The smallest absolute Gasteiger partial charge is 0.317 e. The van der Waals surface area contributed by atoms with Gasteiger partial charge in [0.15, 0.2) is 0 Å². The Bertz CT molecular complexity index is 529. The van der Waals surface area contributed by atoms with Crippen molar-refractivity contribution in [3.05, 3.63) is 0 Å². The van der Waals surface area contributed by atoms with Crippen LogP contribution in [0.25, 0.3) is 0 Å². The summed E-state index contributed by atoms with van der Waals surface area (Å²) in [5.41, 5.74) is 6.14. The van der Waals surface area contributed by atoms with Crippen LogP contribution in [0.2, 0.25) is 5.54 Å². The van der Waals surface area contributed by atoms with E-state index in [4.69, 9.17) is 11.1 Å². The number of aliphatic carboxylic acids is 1. The number of hydrogen-bond acceptors (Lipinski definition) is 6. The van der Waals surface area contributed by atoms with Crippen LogP contribution in [0.5, 0.6) is 0 Å². The van der Waals surface area contributed by atoms with Gasteiger partial charge in [0.2, 0.25) is 5.91 Å². The number of carbonyl (C=O) groups excluding carboxylic acids is 2. The summed E-state index contributed by atoms with van der Waals surface area (Å²) in [6.45, 7) is 8.44. The number of hydrogen-bond donors (Lipinski definition) is 4. The summed E-state index contributed by atoms with van der Waals surface area (Å²) >= 11 is 1.25. The van der Waals surface area contributed by atoms with Gasteiger partial charge in [0.05, 0.1) is 9.52 Å². The van der Waals surface area contributed by atoms with Gasteiger partial charge in [-0.3, -0.25) is 14.4 Å². The lowest BCUT2D eigenvalue weighted by Gasteiger charge is -2.18. The van der Waals surface area contributed by atoms with Crippen LogP contribution in [0.4, 0.5) is 0 Å². The van der Waals surface area contributed by atoms with E-state index in [1.807, 2.05) is 13.8 Å². The average Bonchev–Trinajstić information content (AvgIpc) is 2.59. The predicted molar refractivity (Wildman–Crippen MR) is 119 cm³/mol. The maximum atomic E-state index is 12.2. The van der Waals surface area contributed by atoms with Crippen molar-refractivity contribution in [3.63, 3.8) is 0 Å². The van der Waals surface area contributed by atoms with Crippen molar-refractivity contribution < 1.29 is 19.5 Å². The lowest BCUT2D eigenvalue weighted by Crippen LogP contribution is -2.37. The first-order valence-corrected chi connectivity index (χ1v) is 12.6. The van der Waals surface area contributed by atoms with Crippen molar-refractivity contribution in [1.82, 2.24) is 5.32 Å². The molecule has 2 unspecified atom stereocenters. The molecule has 0 fully saturated rings. The Morgan fingerprint density at radius 2 is 1.86 bits per heavy atom. The Morgan fingerprint density at radius 1 is 1.21 bits per heavy atom. The number of nitrogens with two attached hydrogens (primary N) is 1. The summed E-state index contributed by atoms with van der Waals surface area (Å²) in [4.78, 5) is 35.8. The van der Waals surface area contributed by atoms with Crippen LogP contribution in [0.3, 0.4) is 0 Å². The summed E-state index contributed by atoms with van der Waals surface area (Å²) < 4.78 is 0. The van der Waals surface area contributed by atoms with Crippen molar-refractivity contribution in [1.29, 1.82) is 5.41 Å². The number of Topliss-reactive ketones (excluding diaryl/α,β-unsaturated/α-hetero) is 1. The van der Waals surface area contributed by atoms with E-state index >= 15 is 0 Å². The Hall–Kier alpha value is -1.19. The van der Waals surface area contributed by atoms with E-state index in [-0.39, 0.29) is 36.5 Å². The molecule has 0 aromatic rings. The van der Waals surface area contributed by atoms with Crippen LogP contribution >= 0.6 is 11.8 Å². The zero-order chi connectivity index (χ0) is 21.7. The SMILES string of the molecule is CC(C)[SiH2]C(=N)CCCSC(CC(=O)NCC(CCN)C(=O)C(C)C)C(=O)O. The normalized spacial score (nSPS) is 13.8. The quantitative estimate of drug-likeness (QED) is 0.167. The Morgan fingerprint density at radius 3 is 2.36 bits per heavy atom. The average molecular weight is 432 g/mol. The van der Waals surface area contributed by atoms with E-state index in [0.29, 0.717) is 30.7 Å². The third-order valence-corrected chi connectivity index (χ3v) is 7.23. The molecule has 0 aromatic heterocycles. The van der Waals surface area contributed by atoms with Crippen LogP contribution in [0.1, 0.15) is 53.4 Å². The van der Waals surface area contributed by atoms with Crippen LogP contribution in [-0.4, -0.2) is 61.7 Å². The van der Waals surface area contributed by atoms with E-state index in [1.165, 1.54) is 11.8 Å². The minimum absolute atomic E-state index is 0.0577. The molecule has 28 heavy (non-hydrogen) atoms. The molecule has 1 amide bonds. The first-order chi connectivity index (χ1) is 13.1. The largest absolute Gasteiger partial charge is 0.480 e. The van der Waals surface area contributed by atoms with Crippen molar-refractivity contribution in [2.24, 2.45) is 17.6 Å². The molecule has 0 aromatic carbocycles. The summed E-state index contributed by atoms with van der Waals surface area (Å²) in [5, 5.41) is 20.0. The van der Waals surface area contributed by atoms with E-state index in [1.54, 1.807) is 0 Å². The van der Waals surface area contributed by atoms with Gasteiger partial charge in [0.25, 0.3) is 0 Å². The lowest BCUT2D eigenvalue weighted by molar-refractivity contribution is -0.138. The molecule has 0 bridgehead atoms. The van der Waals surface area contributed by atoms with E-state index in [9.17, 15) is 19.5 Å². The zero-order valence-corrected chi connectivity index (χ0v) is 19.9. The number of nitrogens with one attached hydrogen (secondary N) is 2. The molecular weight excluding hydrogens is 394 g/mol. The van der Waals surface area contributed by atoms with Gasteiger partial charge in [0.1, 0.15) is 11.0 Å². The van der Waals surface area contributed by atoms with Gasteiger partial charge in [-0.2, -0.15) is 0 Å². The molecule has 0 spiro atoms. The number of rotatable bonds is 16. The highest BCUT2D eigenvalue weighted by Crippen LogP contribution is 2.18. The van der Waals surface area contributed by atoms with E-state index < -0.39 is 20.7 Å². The molecule has 9 heteroatoms. The summed E-state index contributed by atoms with van der Waals surface area (Å²) in [6.07, 6.45) is 1.85. The number of amides is 1. The highest BCUT2D eigenvalue weighted by Gasteiger charge is 2.24. The number of carboxylic acids is 1. The maximum absolute atomic E-state index is 12.2. The highest BCUT2D eigenvalue weighted by atomic mass is 32.2. The number of carbonyl (C=O) groups is 3. The minimum atomic E-state index is -1.01. The van der Waals surface area contributed by atoms with Gasteiger partial charge in [-0.25, -0.2) is 0 Å². The van der Waals surface area contributed by atoms with Crippen LogP contribution in [-0.2, 0) is 14.4 Å². The second-order valence-corrected chi connectivity index (χ2v) is 12.0. The zero-order valence-electron chi connectivity index (χ0n) is 17.6.